The minimum absolute atomic E-state index is 0.339. The van der Waals surface area contributed by atoms with Gasteiger partial charge in [0.15, 0.2) is 5.82 Å². The molecule has 0 unspecified atom stereocenters. The van der Waals surface area contributed by atoms with Crippen molar-refractivity contribution in [2.24, 2.45) is 0 Å². The van der Waals surface area contributed by atoms with E-state index in [0.29, 0.717) is 10.9 Å². The molecule has 0 amide bonds. The Kier molecular flexibility index (Phi) is 2.78. The van der Waals surface area contributed by atoms with Gasteiger partial charge < -0.3 is 0 Å². The molecule has 4 nitrogen and oxygen atoms in total. The van der Waals surface area contributed by atoms with E-state index in [1.807, 2.05) is 6.92 Å². The molecule has 0 atom stereocenters. The minimum Gasteiger partial charge on any atom is -0.289 e. The molecule has 1 aromatic rings. The van der Waals surface area contributed by atoms with Crippen LogP contribution in [0.15, 0.2) is 16.6 Å². The summed E-state index contributed by atoms with van der Waals surface area (Å²) in [5.41, 5.74) is 0.772. The van der Waals surface area contributed by atoms with Crippen molar-refractivity contribution in [1.82, 2.24) is 4.98 Å². The molecule has 1 heterocycles. The average Bonchev–Trinajstić information content (AvgIpc) is 2.08. The number of pyridine rings is 1. The quantitative estimate of drug-likeness (QED) is 0.463. The van der Waals surface area contributed by atoms with Gasteiger partial charge in [0.1, 0.15) is 6.34 Å². The third-order valence-electron chi connectivity index (χ3n) is 1.36. The van der Waals surface area contributed by atoms with E-state index in [9.17, 15) is 0 Å². The third-order valence-corrected chi connectivity index (χ3v) is 2.20. The van der Waals surface area contributed by atoms with E-state index >= 15 is 0 Å². The maximum absolute atomic E-state index is 9.06. The van der Waals surface area contributed by atoms with Crippen molar-refractivity contribution in [3.63, 3.8) is 0 Å². The number of hydroxylamine groups is 1. The zero-order valence-corrected chi connectivity index (χ0v) is 8.04. The standard InChI is InChI=1S/C7H8BrN3O/c1-5-6(8)2-3-7(10-5)11(12)4-9/h2-4,9,12H,1H3. The van der Waals surface area contributed by atoms with E-state index in [1.165, 1.54) is 0 Å². The van der Waals surface area contributed by atoms with Gasteiger partial charge in [0.2, 0.25) is 0 Å². The fourth-order valence-corrected chi connectivity index (χ4v) is 0.945. The first kappa shape index (κ1) is 9.15. The molecule has 12 heavy (non-hydrogen) atoms. The first-order valence-electron chi connectivity index (χ1n) is 3.27. The number of hydrogen-bond donors (Lipinski definition) is 2. The van der Waals surface area contributed by atoms with E-state index in [-0.39, 0.29) is 0 Å². The van der Waals surface area contributed by atoms with E-state index in [1.54, 1.807) is 12.1 Å². The molecule has 0 fully saturated rings. The predicted molar refractivity (Wildman–Crippen MR) is 49.7 cm³/mol. The topological polar surface area (TPSA) is 60.2 Å². The fraction of sp³-hybridized carbons (Fsp3) is 0.143. The Morgan fingerprint density at radius 2 is 2.33 bits per heavy atom. The monoisotopic (exact) mass is 229 g/mol. The van der Waals surface area contributed by atoms with Gasteiger partial charge in [0, 0.05) is 4.47 Å². The molecule has 0 radical (unpaired) electrons. The van der Waals surface area contributed by atoms with Crippen molar-refractivity contribution in [2.75, 3.05) is 5.06 Å². The highest BCUT2D eigenvalue weighted by atomic mass is 79.9. The van der Waals surface area contributed by atoms with E-state index in [0.717, 1.165) is 16.5 Å². The van der Waals surface area contributed by atoms with Gasteiger partial charge in [-0.05, 0) is 35.0 Å². The second-order valence-corrected chi connectivity index (χ2v) is 3.06. The zero-order chi connectivity index (χ0) is 9.14. The number of halogens is 1. The normalized spacial score (nSPS) is 9.58. The first-order valence-corrected chi connectivity index (χ1v) is 4.06. The Morgan fingerprint density at radius 3 is 2.83 bits per heavy atom. The van der Waals surface area contributed by atoms with E-state index in [2.05, 4.69) is 20.9 Å². The highest BCUT2D eigenvalue weighted by Gasteiger charge is 2.02. The molecule has 0 saturated carbocycles. The molecule has 5 heteroatoms. The highest BCUT2D eigenvalue weighted by Crippen LogP contribution is 2.17. The molecule has 0 aromatic carbocycles. The van der Waals surface area contributed by atoms with Crippen molar-refractivity contribution in [2.45, 2.75) is 6.92 Å². The van der Waals surface area contributed by atoms with Gasteiger partial charge in [-0.25, -0.2) is 4.98 Å². The Balaban J connectivity index is 3.04. The van der Waals surface area contributed by atoms with Gasteiger partial charge >= 0.3 is 0 Å². The van der Waals surface area contributed by atoms with Crippen LogP contribution in [0.3, 0.4) is 0 Å². The van der Waals surface area contributed by atoms with Crippen LogP contribution in [0, 0.1) is 12.3 Å². The van der Waals surface area contributed by atoms with Crippen LogP contribution >= 0.6 is 15.9 Å². The van der Waals surface area contributed by atoms with Crippen LogP contribution in [-0.4, -0.2) is 16.5 Å². The number of hydrogen-bond acceptors (Lipinski definition) is 3. The summed E-state index contributed by atoms with van der Waals surface area (Å²) < 4.78 is 0.879. The molecule has 0 spiro atoms. The van der Waals surface area contributed by atoms with Gasteiger partial charge in [-0.3, -0.25) is 10.6 Å². The average molecular weight is 230 g/mol. The van der Waals surface area contributed by atoms with Gasteiger partial charge in [0.05, 0.1) is 5.69 Å². The van der Waals surface area contributed by atoms with Crippen LogP contribution in [0.2, 0.25) is 0 Å². The first-order chi connectivity index (χ1) is 5.65. The number of rotatable bonds is 2. The molecule has 0 aliphatic carbocycles. The smallest absolute Gasteiger partial charge is 0.159 e. The Labute approximate surface area is 78.4 Å². The van der Waals surface area contributed by atoms with Gasteiger partial charge in [-0.1, -0.05) is 0 Å². The fourth-order valence-electron chi connectivity index (χ4n) is 0.725. The van der Waals surface area contributed by atoms with Crippen LogP contribution in [0.1, 0.15) is 5.69 Å². The summed E-state index contributed by atoms with van der Waals surface area (Å²) in [5.74, 6) is 0.339. The molecule has 0 bridgehead atoms. The highest BCUT2D eigenvalue weighted by molar-refractivity contribution is 9.10. The summed E-state index contributed by atoms with van der Waals surface area (Å²) in [7, 11) is 0. The van der Waals surface area contributed by atoms with Crippen molar-refractivity contribution in [1.29, 1.82) is 5.41 Å². The number of nitrogens with one attached hydrogen (secondary N) is 1. The summed E-state index contributed by atoms with van der Waals surface area (Å²) in [4.78, 5) is 4.02. The maximum Gasteiger partial charge on any atom is 0.159 e. The summed E-state index contributed by atoms with van der Waals surface area (Å²) in [6, 6.07) is 3.38. The molecule has 0 aliphatic rings. The van der Waals surface area contributed by atoms with E-state index < -0.39 is 0 Å². The lowest BCUT2D eigenvalue weighted by Gasteiger charge is -2.09. The zero-order valence-electron chi connectivity index (χ0n) is 6.45. The summed E-state index contributed by atoms with van der Waals surface area (Å²) in [6.07, 6.45) is 0.787. The Morgan fingerprint density at radius 1 is 1.67 bits per heavy atom. The van der Waals surface area contributed by atoms with Crippen molar-refractivity contribution in [3.8, 4) is 0 Å². The number of aromatic nitrogens is 1. The van der Waals surface area contributed by atoms with Crippen LogP contribution in [0.25, 0.3) is 0 Å². The number of anilines is 1. The molecule has 1 rings (SSSR count). The van der Waals surface area contributed by atoms with Gasteiger partial charge in [0.25, 0.3) is 0 Å². The molecule has 1 aromatic heterocycles. The molecule has 0 saturated heterocycles. The Bertz CT molecular complexity index is 303. The van der Waals surface area contributed by atoms with Crippen LogP contribution in [0.5, 0.6) is 0 Å². The van der Waals surface area contributed by atoms with Crippen LogP contribution < -0.4 is 5.06 Å². The lowest BCUT2D eigenvalue weighted by molar-refractivity contribution is 0.312. The SMILES string of the molecule is Cc1nc(N(O)C=N)ccc1Br. The largest absolute Gasteiger partial charge is 0.289 e. The molecule has 64 valence electrons. The summed E-state index contributed by atoms with van der Waals surface area (Å²) >= 11 is 3.28. The van der Waals surface area contributed by atoms with Crippen molar-refractivity contribution >= 4 is 28.1 Å². The maximum atomic E-state index is 9.06. The predicted octanol–water partition coefficient (Wildman–Crippen LogP) is 1.96. The van der Waals surface area contributed by atoms with Crippen LogP contribution in [0.4, 0.5) is 5.82 Å². The lowest BCUT2D eigenvalue weighted by atomic mass is 10.4. The Hall–Kier alpha value is -0.940. The second-order valence-electron chi connectivity index (χ2n) is 2.21. The van der Waals surface area contributed by atoms with Crippen molar-refractivity contribution in [3.05, 3.63) is 22.3 Å². The molecular weight excluding hydrogens is 222 g/mol. The minimum atomic E-state index is 0.339. The van der Waals surface area contributed by atoms with E-state index in [4.69, 9.17) is 10.6 Å². The van der Waals surface area contributed by atoms with Crippen molar-refractivity contribution < 1.29 is 5.21 Å². The second kappa shape index (κ2) is 3.64. The summed E-state index contributed by atoms with van der Waals surface area (Å²) in [5, 5.41) is 16.5. The molecule has 2 N–H and O–H groups in total. The number of aryl methyl sites for hydroxylation is 1. The molecular formula is C7H8BrN3O. The lowest BCUT2D eigenvalue weighted by Crippen LogP contribution is -2.15. The molecule has 0 aliphatic heterocycles. The van der Waals surface area contributed by atoms with Crippen LogP contribution in [-0.2, 0) is 0 Å². The van der Waals surface area contributed by atoms with Gasteiger partial charge in [-0.2, -0.15) is 5.06 Å². The number of nitrogens with zero attached hydrogens (tertiary/aromatic N) is 2. The van der Waals surface area contributed by atoms with Gasteiger partial charge in [-0.15, -0.1) is 0 Å². The summed E-state index contributed by atoms with van der Waals surface area (Å²) in [6.45, 7) is 1.81. The third kappa shape index (κ3) is 1.80.